The van der Waals surface area contributed by atoms with Gasteiger partial charge in [0.25, 0.3) is 0 Å². The van der Waals surface area contributed by atoms with E-state index in [1.165, 1.54) is 12.1 Å². The molecule has 3 rings (SSSR count). The largest absolute Gasteiger partial charge is 0.505 e. The molecule has 0 atom stereocenters. The number of aliphatic hydroxyl groups excluding tert-OH is 1. The molecule has 1 aliphatic heterocycles. The van der Waals surface area contributed by atoms with Crippen LogP contribution in [-0.4, -0.2) is 36.6 Å². The summed E-state index contributed by atoms with van der Waals surface area (Å²) in [5.41, 5.74) is 6.51. The first-order valence-corrected chi connectivity index (χ1v) is 8.06. The summed E-state index contributed by atoms with van der Waals surface area (Å²) in [6.45, 7) is 0.220. The number of carbonyl (C=O) groups is 1. The summed E-state index contributed by atoms with van der Waals surface area (Å²) < 4.78 is 15.7. The summed E-state index contributed by atoms with van der Waals surface area (Å²) in [4.78, 5) is 12.0. The first kappa shape index (κ1) is 18.1. The summed E-state index contributed by atoms with van der Waals surface area (Å²) in [6.07, 6.45) is 1.04. The van der Waals surface area contributed by atoms with Crippen LogP contribution >= 0.6 is 0 Å². The SMILES string of the molecule is COC(=O)C1=C(O)c2ccc(Oc3ccc(OC)cc3)cc2CN1/N=C\N. The molecule has 0 unspecified atom stereocenters. The van der Waals surface area contributed by atoms with Crippen molar-refractivity contribution in [2.24, 2.45) is 10.8 Å². The molecule has 3 N–H and O–H groups in total. The Labute approximate surface area is 156 Å². The molecule has 0 aliphatic carbocycles. The molecule has 0 bridgehead atoms. The van der Waals surface area contributed by atoms with Crippen LogP contribution in [0.2, 0.25) is 0 Å². The van der Waals surface area contributed by atoms with Crippen molar-refractivity contribution in [3.63, 3.8) is 0 Å². The molecule has 2 aromatic rings. The Hall–Kier alpha value is -3.68. The molecule has 140 valence electrons. The number of nitrogens with zero attached hydrogens (tertiary/aromatic N) is 2. The van der Waals surface area contributed by atoms with Gasteiger partial charge in [-0.2, -0.15) is 5.10 Å². The molecule has 1 aliphatic rings. The average molecular weight is 369 g/mol. The van der Waals surface area contributed by atoms with Crippen molar-refractivity contribution in [1.29, 1.82) is 0 Å². The van der Waals surface area contributed by atoms with E-state index in [9.17, 15) is 9.90 Å². The molecule has 27 heavy (non-hydrogen) atoms. The molecule has 8 nitrogen and oxygen atoms in total. The molecule has 0 fully saturated rings. The van der Waals surface area contributed by atoms with Crippen LogP contribution in [0.4, 0.5) is 0 Å². The van der Waals surface area contributed by atoms with E-state index in [2.05, 4.69) is 5.10 Å². The lowest BCUT2D eigenvalue weighted by Crippen LogP contribution is -2.29. The first-order valence-electron chi connectivity index (χ1n) is 8.06. The van der Waals surface area contributed by atoms with E-state index in [-0.39, 0.29) is 18.0 Å². The summed E-state index contributed by atoms with van der Waals surface area (Å²) in [7, 11) is 2.83. The van der Waals surface area contributed by atoms with Gasteiger partial charge in [0.2, 0.25) is 0 Å². The maximum absolute atomic E-state index is 12.0. The van der Waals surface area contributed by atoms with Gasteiger partial charge in [-0.15, -0.1) is 0 Å². The Morgan fingerprint density at radius 3 is 2.44 bits per heavy atom. The van der Waals surface area contributed by atoms with Crippen LogP contribution in [0, 0.1) is 0 Å². The maximum atomic E-state index is 12.0. The van der Waals surface area contributed by atoms with E-state index >= 15 is 0 Å². The van der Waals surface area contributed by atoms with Crippen molar-refractivity contribution in [2.75, 3.05) is 14.2 Å². The van der Waals surface area contributed by atoms with Gasteiger partial charge in [-0.3, -0.25) is 0 Å². The van der Waals surface area contributed by atoms with E-state index in [0.29, 0.717) is 17.1 Å². The second-order valence-electron chi connectivity index (χ2n) is 5.61. The minimum absolute atomic E-state index is 0.0736. The van der Waals surface area contributed by atoms with E-state index in [1.807, 2.05) is 0 Å². The molecule has 8 heteroatoms. The molecule has 0 radical (unpaired) electrons. The van der Waals surface area contributed by atoms with Crippen LogP contribution in [0.25, 0.3) is 5.76 Å². The third-order valence-electron chi connectivity index (χ3n) is 4.01. The van der Waals surface area contributed by atoms with E-state index in [1.54, 1.807) is 49.6 Å². The van der Waals surface area contributed by atoms with E-state index < -0.39 is 5.97 Å². The fourth-order valence-corrected chi connectivity index (χ4v) is 2.74. The van der Waals surface area contributed by atoms with Crippen molar-refractivity contribution in [3.05, 3.63) is 59.3 Å². The highest BCUT2D eigenvalue weighted by atomic mass is 16.5. The number of esters is 1. The topological polar surface area (TPSA) is 107 Å². The Balaban J connectivity index is 1.93. The first-order chi connectivity index (χ1) is 13.1. The van der Waals surface area contributed by atoms with E-state index in [0.717, 1.165) is 17.7 Å². The zero-order valence-electron chi connectivity index (χ0n) is 14.9. The number of methoxy groups -OCH3 is 2. The fourth-order valence-electron chi connectivity index (χ4n) is 2.74. The van der Waals surface area contributed by atoms with Crippen molar-refractivity contribution < 1.29 is 24.1 Å². The number of benzene rings is 2. The number of rotatable bonds is 5. The molecular formula is C19H19N3O5. The summed E-state index contributed by atoms with van der Waals surface area (Å²) >= 11 is 0. The number of aliphatic hydroxyl groups is 1. The number of nitrogens with two attached hydrogens (primary N) is 1. The van der Waals surface area contributed by atoms with Gasteiger partial charge in [0.15, 0.2) is 11.5 Å². The minimum atomic E-state index is -0.706. The highest BCUT2D eigenvalue weighted by Gasteiger charge is 2.30. The van der Waals surface area contributed by atoms with Crippen molar-refractivity contribution in [2.45, 2.75) is 6.54 Å². The third kappa shape index (κ3) is 3.64. The Kier molecular flexibility index (Phi) is 5.16. The standard InChI is InChI=1S/C19H19N3O5/c1-25-13-3-5-14(6-4-13)27-15-7-8-16-12(9-15)10-22(21-11-20)17(18(16)23)19(24)26-2/h3-9,11,23H,10H2,1-2H3,(H2,20,21). The quantitative estimate of drug-likeness (QED) is 0.474. The van der Waals surface area contributed by atoms with Gasteiger partial charge < -0.3 is 25.1 Å². The summed E-state index contributed by atoms with van der Waals surface area (Å²) in [5.74, 6) is 1.00. The molecule has 0 amide bonds. The summed E-state index contributed by atoms with van der Waals surface area (Å²) in [6, 6.07) is 12.3. The van der Waals surface area contributed by atoms with Crippen molar-refractivity contribution in [1.82, 2.24) is 5.01 Å². The average Bonchev–Trinajstić information content (AvgIpc) is 2.68. The van der Waals surface area contributed by atoms with Crippen LogP contribution in [0.5, 0.6) is 17.2 Å². The number of ether oxygens (including phenoxy) is 3. The van der Waals surface area contributed by atoms with Crippen LogP contribution in [-0.2, 0) is 16.1 Å². The second kappa shape index (κ2) is 7.69. The Bertz CT molecular complexity index is 906. The fraction of sp³-hybridized carbons (Fsp3) is 0.158. The molecule has 1 heterocycles. The van der Waals surface area contributed by atoms with Gasteiger partial charge in [-0.1, -0.05) is 0 Å². The predicted molar refractivity (Wildman–Crippen MR) is 99.3 cm³/mol. The molecule has 2 aromatic carbocycles. The summed E-state index contributed by atoms with van der Waals surface area (Å²) in [5, 5.41) is 15.7. The second-order valence-corrected chi connectivity index (χ2v) is 5.61. The monoisotopic (exact) mass is 369 g/mol. The normalized spacial score (nSPS) is 13.5. The Morgan fingerprint density at radius 2 is 1.81 bits per heavy atom. The lowest BCUT2D eigenvalue weighted by molar-refractivity contribution is -0.138. The van der Waals surface area contributed by atoms with Gasteiger partial charge in [-0.25, -0.2) is 9.80 Å². The van der Waals surface area contributed by atoms with Crippen LogP contribution in [0.3, 0.4) is 0 Å². The van der Waals surface area contributed by atoms with Crippen molar-refractivity contribution in [3.8, 4) is 17.2 Å². The lowest BCUT2D eigenvalue weighted by atomic mass is 10.00. The Morgan fingerprint density at radius 1 is 1.15 bits per heavy atom. The molecule has 0 spiro atoms. The van der Waals surface area contributed by atoms with Gasteiger partial charge in [-0.05, 0) is 48.0 Å². The third-order valence-corrected chi connectivity index (χ3v) is 4.01. The number of fused-ring (bicyclic) bond motifs is 1. The predicted octanol–water partition coefficient (Wildman–Crippen LogP) is 2.60. The highest BCUT2D eigenvalue weighted by molar-refractivity contribution is 5.96. The maximum Gasteiger partial charge on any atom is 0.360 e. The minimum Gasteiger partial charge on any atom is -0.505 e. The molecular weight excluding hydrogens is 350 g/mol. The van der Waals surface area contributed by atoms with Crippen LogP contribution in [0.1, 0.15) is 11.1 Å². The number of hydrazone groups is 1. The zero-order valence-corrected chi connectivity index (χ0v) is 14.9. The highest BCUT2D eigenvalue weighted by Crippen LogP contribution is 2.34. The van der Waals surface area contributed by atoms with Gasteiger partial charge >= 0.3 is 5.97 Å². The number of carbonyl (C=O) groups excluding carboxylic acids is 1. The van der Waals surface area contributed by atoms with Crippen molar-refractivity contribution >= 4 is 18.1 Å². The van der Waals surface area contributed by atoms with E-state index in [4.69, 9.17) is 19.9 Å². The number of hydrogen-bond acceptors (Lipinski definition) is 7. The smallest absolute Gasteiger partial charge is 0.360 e. The molecule has 0 saturated carbocycles. The van der Waals surface area contributed by atoms with Gasteiger partial charge in [0.05, 0.1) is 20.8 Å². The number of hydrogen-bond donors (Lipinski definition) is 2. The van der Waals surface area contributed by atoms with Crippen LogP contribution in [0.15, 0.2) is 53.3 Å². The lowest BCUT2D eigenvalue weighted by Gasteiger charge is -2.27. The van der Waals surface area contributed by atoms with Gasteiger partial charge in [0, 0.05) is 5.56 Å². The zero-order chi connectivity index (χ0) is 19.4. The molecule has 0 saturated heterocycles. The van der Waals surface area contributed by atoms with Gasteiger partial charge in [0.1, 0.15) is 23.6 Å². The van der Waals surface area contributed by atoms with Crippen LogP contribution < -0.4 is 15.2 Å². The molecule has 0 aromatic heterocycles.